The molecule has 41 heavy (non-hydrogen) atoms. The van der Waals surface area contributed by atoms with Gasteiger partial charge in [-0.15, -0.1) is 0 Å². The highest BCUT2D eigenvalue weighted by molar-refractivity contribution is 5.88. The largest absolute Gasteiger partial charge is 0.382 e. The normalized spacial score (nSPS) is 12.5. The Balaban J connectivity index is 4.79. The summed E-state index contributed by atoms with van der Waals surface area (Å²) in [6.07, 6.45) is 4.64. The van der Waals surface area contributed by atoms with E-state index in [0.29, 0.717) is 65.5 Å². The van der Waals surface area contributed by atoms with E-state index >= 15 is 0 Å². The van der Waals surface area contributed by atoms with Crippen LogP contribution in [0.2, 0.25) is 0 Å². The van der Waals surface area contributed by atoms with Crippen molar-refractivity contribution >= 4 is 23.6 Å². The highest BCUT2D eigenvalue weighted by Crippen LogP contribution is 2.19. The quantitative estimate of drug-likeness (QED) is 0.120. The summed E-state index contributed by atoms with van der Waals surface area (Å²) >= 11 is 0. The second kappa shape index (κ2) is 22.4. The molecule has 0 unspecified atom stereocenters. The van der Waals surface area contributed by atoms with Crippen LogP contribution in [0.5, 0.6) is 0 Å². The van der Waals surface area contributed by atoms with Crippen LogP contribution >= 0.6 is 0 Å². The fraction of sp³-hybridized carbons (Fsp3) is 0.867. The minimum Gasteiger partial charge on any atom is -0.382 e. The first-order chi connectivity index (χ1) is 19.4. The summed E-state index contributed by atoms with van der Waals surface area (Å²) in [6.45, 7) is 15.5. The van der Waals surface area contributed by atoms with Crippen LogP contribution < -0.4 is 21.3 Å². The van der Waals surface area contributed by atoms with Gasteiger partial charge in [-0.25, -0.2) is 0 Å². The predicted molar refractivity (Wildman–Crippen MR) is 160 cm³/mol. The molecule has 0 saturated carbocycles. The molecule has 0 radical (unpaired) electrons. The molecule has 0 aromatic heterocycles. The van der Waals surface area contributed by atoms with Gasteiger partial charge in [-0.1, -0.05) is 54.4 Å². The molecule has 4 N–H and O–H groups in total. The SMILES string of the molecule is CCCCCC(=O)N[C@H](CCC(=O)NCCOCCOC)C(=O)NCC(C)(C)COCC(C)(C)CNC(=O)CCC. The average molecular weight is 587 g/mol. The molecule has 240 valence electrons. The number of ether oxygens (including phenoxy) is 3. The number of hydrogen-bond acceptors (Lipinski definition) is 7. The number of hydrogen-bond donors (Lipinski definition) is 4. The van der Waals surface area contributed by atoms with E-state index in [1.54, 1.807) is 7.11 Å². The number of amides is 4. The zero-order chi connectivity index (χ0) is 31.2. The second-order valence-electron chi connectivity index (χ2n) is 12.1. The van der Waals surface area contributed by atoms with E-state index in [9.17, 15) is 19.2 Å². The van der Waals surface area contributed by atoms with Gasteiger partial charge in [-0.05, 0) is 19.3 Å². The summed E-state index contributed by atoms with van der Waals surface area (Å²) in [4.78, 5) is 49.7. The summed E-state index contributed by atoms with van der Waals surface area (Å²) in [7, 11) is 1.59. The van der Waals surface area contributed by atoms with Crippen molar-refractivity contribution < 1.29 is 33.4 Å². The molecule has 11 heteroatoms. The third kappa shape index (κ3) is 22.1. The minimum atomic E-state index is -0.810. The van der Waals surface area contributed by atoms with Gasteiger partial charge >= 0.3 is 0 Å². The van der Waals surface area contributed by atoms with Crippen LogP contribution in [0, 0.1) is 10.8 Å². The fourth-order valence-electron chi connectivity index (χ4n) is 3.75. The molecule has 0 spiro atoms. The van der Waals surface area contributed by atoms with E-state index in [0.717, 1.165) is 25.7 Å². The van der Waals surface area contributed by atoms with Gasteiger partial charge in [0.25, 0.3) is 0 Å². The van der Waals surface area contributed by atoms with Crippen LogP contribution in [0.4, 0.5) is 0 Å². The molecule has 0 saturated heterocycles. The Morgan fingerprint density at radius 2 is 1.32 bits per heavy atom. The molecule has 0 rings (SSSR count). The third-order valence-electron chi connectivity index (χ3n) is 6.29. The second-order valence-corrected chi connectivity index (χ2v) is 12.1. The Bertz CT molecular complexity index is 759. The van der Waals surface area contributed by atoms with E-state index in [1.165, 1.54) is 0 Å². The summed E-state index contributed by atoms with van der Waals surface area (Å²) in [5.41, 5.74) is -0.598. The van der Waals surface area contributed by atoms with Gasteiger partial charge in [-0.3, -0.25) is 19.2 Å². The first kappa shape index (κ1) is 38.8. The molecule has 0 aromatic carbocycles. The Labute approximate surface area is 248 Å². The summed E-state index contributed by atoms with van der Waals surface area (Å²) in [5.74, 6) is -0.682. The summed E-state index contributed by atoms with van der Waals surface area (Å²) < 4.78 is 16.2. The van der Waals surface area contributed by atoms with Crippen molar-refractivity contribution in [3.63, 3.8) is 0 Å². The molecule has 11 nitrogen and oxygen atoms in total. The van der Waals surface area contributed by atoms with E-state index in [2.05, 4.69) is 28.2 Å². The maximum Gasteiger partial charge on any atom is 0.242 e. The number of nitrogens with one attached hydrogen (secondary N) is 4. The third-order valence-corrected chi connectivity index (χ3v) is 6.29. The van der Waals surface area contributed by atoms with E-state index in [1.807, 2.05) is 34.6 Å². The molecule has 0 heterocycles. The zero-order valence-electron chi connectivity index (χ0n) is 26.7. The number of rotatable bonds is 25. The molecule has 0 aliphatic heterocycles. The first-order valence-corrected chi connectivity index (χ1v) is 15.1. The Kier molecular flexibility index (Phi) is 21.1. The smallest absolute Gasteiger partial charge is 0.242 e. The lowest BCUT2D eigenvalue weighted by molar-refractivity contribution is -0.130. The molecule has 0 bridgehead atoms. The van der Waals surface area contributed by atoms with Gasteiger partial charge in [0.05, 0.1) is 33.0 Å². The lowest BCUT2D eigenvalue weighted by Crippen LogP contribution is -2.49. The van der Waals surface area contributed by atoms with Gasteiger partial charge in [0, 0.05) is 56.8 Å². The van der Waals surface area contributed by atoms with Crippen molar-refractivity contribution in [3.05, 3.63) is 0 Å². The molecular weight excluding hydrogens is 528 g/mol. The molecule has 0 fully saturated rings. The van der Waals surface area contributed by atoms with Crippen molar-refractivity contribution in [2.24, 2.45) is 10.8 Å². The minimum absolute atomic E-state index is 0.0417. The van der Waals surface area contributed by atoms with Crippen LogP contribution in [0.15, 0.2) is 0 Å². The molecule has 1 atom stereocenters. The molecule has 0 aliphatic rings. The van der Waals surface area contributed by atoms with E-state index in [4.69, 9.17) is 14.2 Å². The number of carbonyl (C=O) groups excluding carboxylic acids is 4. The van der Waals surface area contributed by atoms with Crippen molar-refractivity contribution in [3.8, 4) is 0 Å². The fourth-order valence-corrected chi connectivity index (χ4v) is 3.75. The highest BCUT2D eigenvalue weighted by Gasteiger charge is 2.26. The lowest BCUT2D eigenvalue weighted by atomic mass is 9.92. The average Bonchev–Trinajstić information content (AvgIpc) is 2.90. The van der Waals surface area contributed by atoms with Gasteiger partial charge in [0.15, 0.2) is 0 Å². The molecule has 0 aromatic rings. The van der Waals surface area contributed by atoms with Gasteiger partial charge < -0.3 is 35.5 Å². The van der Waals surface area contributed by atoms with Gasteiger partial charge in [0.2, 0.25) is 23.6 Å². The number of carbonyl (C=O) groups is 4. The van der Waals surface area contributed by atoms with Crippen LogP contribution in [-0.2, 0) is 33.4 Å². The number of methoxy groups -OCH3 is 1. The standard InChI is InChI=1S/C30H58N4O7/c1-8-10-11-13-27(37)34-24(14-15-26(36)31-16-17-40-19-18-39-7)28(38)33-21-30(5,6)23-41-22-29(3,4)20-32-25(35)12-9-2/h24H,8-23H2,1-7H3,(H,31,36)(H,32,35)(H,33,38)(H,34,37)/t24-/m1/s1. The van der Waals surface area contributed by atoms with Gasteiger partial charge in [-0.2, -0.15) is 0 Å². The van der Waals surface area contributed by atoms with Crippen molar-refractivity contribution in [1.29, 1.82) is 0 Å². The monoisotopic (exact) mass is 586 g/mol. The highest BCUT2D eigenvalue weighted by atomic mass is 16.5. The predicted octanol–water partition coefficient (Wildman–Crippen LogP) is 2.71. The zero-order valence-corrected chi connectivity index (χ0v) is 26.7. The Morgan fingerprint density at radius 3 is 1.93 bits per heavy atom. The van der Waals surface area contributed by atoms with Crippen molar-refractivity contribution in [1.82, 2.24) is 21.3 Å². The van der Waals surface area contributed by atoms with Crippen LogP contribution in [-0.4, -0.2) is 89.4 Å². The van der Waals surface area contributed by atoms with Crippen LogP contribution in [0.25, 0.3) is 0 Å². The topological polar surface area (TPSA) is 144 Å². The molecular formula is C30H58N4O7. The Hall–Kier alpha value is -2.24. The first-order valence-electron chi connectivity index (χ1n) is 15.1. The summed E-state index contributed by atoms with van der Waals surface area (Å²) in [5, 5.41) is 11.5. The molecule has 0 aliphatic carbocycles. The van der Waals surface area contributed by atoms with Crippen LogP contribution in [0.3, 0.4) is 0 Å². The van der Waals surface area contributed by atoms with Gasteiger partial charge in [0.1, 0.15) is 6.04 Å². The summed E-state index contributed by atoms with van der Waals surface area (Å²) in [6, 6.07) is -0.810. The van der Waals surface area contributed by atoms with Crippen molar-refractivity contribution in [2.45, 2.75) is 99.0 Å². The van der Waals surface area contributed by atoms with Crippen molar-refractivity contribution in [2.75, 3.05) is 59.8 Å². The maximum atomic E-state index is 13.1. The van der Waals surface area contributed by atoms with E-state index in [-0.39, 0.29) is 47.3 Å². The molecule has 4 amide bonds. The lowest BCUT2D eigenvalue weighted by Gasteiger charge is -2.30. The van der Waals surface area contributed by atoms with Crippen LogP contribution in [0.1, 0.15) is 92.9 Å². The number of unbranched alkanes of at least 4 members (excludes halogenated alkanes) is 2. The Morgan fingerprint density at radius 1 is 0.683 bits per heavy atom. The van der Waals surface area contributed by atoms with E-state index < -0.39 is 6.04 Å². The maximum absolute atomic E-state index is 13.1.